The molecule has 7 heteroatoms. The quantitative estimate of drug-likeness (QED) is 0.227. The smallest absolute Gasteiger partial charge is 0.247 e. The van der Waals surface area contributed by atoms with Crippen LogP contribution >= 0.6 is 0 Å². The summed E-state index contributed by atoms with van der Waals surface area (Å²) in [6, 6.07) is 8.75. The Hall–Kier alpha value is -2.93. The van der Waals surface area contributed by atoms with Crippen LogP contribution in [-0.4, -0.2) is 34.4 Å². The van der Waals surface area contributed by atoms with E-state index in [1.165, 1.54) is 0 Å². The van der Waals surface area contributed by atoms with Crippen molar-refractivity contribution in [2.75, 3.05) is 0 Å². The summed E-state index contributed by atoms with van der Waals surface area (Å²) >= 11 is 0. The van der Waals surface area contributed by atoms with Gasteiger partial charge in [0, 0.05) is 0 Å². The summed E-state index contributed by atoms with van der Waals surface area (Å²) in [5, 5.41) is 15.3. The number of Topliss-reactive ketones (excluding diaryl/α,β-unsaturated/α-hetero) is 1. The molecule has 7 nitrogen and oxygen atoms in total. The molecule has 0 bridgehead atoms. The first kappa shape index (κ1) is 25.3. The van der Waals surface area contributed by atoms with Gasteiger partial charge in [-0.15, -0.1) is 6.58 Å². The van der Waals surface area contributed by atoms with Crippen LogP contribution in [0.15, 0.2) is 55.3 Å². The highest BCUT2D eigenvalue weighted by atomic mass is 16.5. The summed E-state index contributed by atoms with van der Waals surface area (Å²) in [4.78, 5) is 39.3. The Morgan fingerprint density at radius 2 is 1.88 bits per heavy atom. The lowest BCUT2D eigenvalue weighted by Crippen LogP contribution is -2.57. The molecule has 174 valence electrons. The Labute approximate surface area is 190 Å². The lowest BCUT2D eigenvalue weighted by molar-refractivity contribution is -0.141. The van der Waals surface area contributed by atoms with E-state index in [-0.39, 0.29) is 24.0 Å². The average Bonchev–Trinajstić information content (AvgIpc) is 3.22. The fourth-order valence-corrected chi connectivity index (χ4v) is 4.17. The summed E-state index contributed by atoms with van der Waals surface area (Å²) in [7, 11) is 0. The normalized spacial score (nSPS) is 20.2. The molecule has 0 fully saturated rings. The first-order chi connectivity index (χ1) is 15.2. The van der Waals surface area contributed by atoms with Gasteiger partial charge in [-0.25, -0.2) is 5.48 Å². The van der Waals surface area contributed by atoms with Gasteiger partial charge in [-0.3, -0.25) is 19.6 Å². The van der Waals surface area contributed by atoms with Crippen LogP contribution in [0, 0.1) is 17.8 Å². The number of carbonyl (C=O) groups excluding carboxylic acids is 3. The summed E-state index contributed by atoms with van der Waals surface area (Å²) in [5.41, 5.74) is 1.80. The third kappa shape index (κ3) is 6.53. The third-order valence-electron chi connectivity index (χ3n) is 5.92. The molecule has 1 aromatic carbocycles. The maximum atomic E-state index is 13.5. The van der Waals surface area contributed by atoms with Crippen molar-refractivity contribution >= 4 is 17.6 Å². The van der Waals surface area contributed by atoms with Crippen LogP contribution in [0.5, 0.6) is 0 Å². The molecule has 1 heterocycles. The number of hydrogen-bond donors (Lipinski definition) is 4. The predicted molar refractivity (Wildman–Crippen MR) is 124 cm³/mol. The van der Waals surface area contributed by atoms with Crippen LogP contribution in [0.4, 0.5) is 0 Å². The van der Waals surface area contributed by atoms with E-state index in [1.54, 1.807) is 17.8 Å². The molecule has 1 aromatic rings. The molecule has 0 aliphatic carbocycles. The van der Waals surface area contributed by atoms with Crippen molar-refractivity contribution in [1.82, 2.24) is 16.1 Å². The molecule has 0 saturated carbocycles. The van der Waals surface area contributed by atoms with Gasteiger partial charge >= 0.3 is 0 Å². The third-order valence-corrected chi connectivity index (χ3v) is 5.92. The van der Waals surface area contributed by atoms with Gasteiger partial charge in [-0.2, -0.15) is 0 Å². The van der Waals surface area contributed by atoms with Crippen LogP contribution < -0.4 is 16.1 Å². The van der Waals surface area contributed by atoms with Crippen LogP contribution in [-0.2, 0) is 20.8 Å². The van der Waals surface area contributed by atoms with Crippen LogP contribution in [0.3, 0.4) is 0 Å². The second kappa shape index (κ2) is 11.6. The van der Waals surface area contributed by atoms with Crippen LogP contribution in [0.1, 0.15) is 45.6 Å². The number of allylic oxidation sites excluding steroid dienone is 1. The van der Waals surface area contributed by atoms with E-state index >= 15 is 0 Å². The van der Waals surface area contributed by atoms with Crippen molar-refractivity contribution < 1.29 is 19.6 Å². The van der Waals surface area contributed by atoms with E-state index in [1.807, 2.05) is 57.2 Å². The van der Waals surface area contributed by atoms with Crippen LogP contribution in [0.25, 0.3) is 0 Å². The minimum atomic E-state index is -0.802. The summed E-state index contributed by atoms with van der Waals surface area (Å²) in [5.74, 6) is -2.49. The van der Waals surface area contributed by atoms with E-state index in [2.05, 4.69) is 17.2 Å². The second-order valence-electron chi connectivity index (χ2n) is 9.04. The van der Waals surface area contributed by atoms with E-state index in [0.29, 0.717) is 19.3 Å². The molecule has 1 aliphatic rings. The standard InChI is InChI=1S/C25H35N3O4/c1-5-10-19(24(31)28-32)20(15-17(2)3)23(30)27-21(16-18-11-7-6-8-12-18)22(29)25(4)13-9-14-26-25/h5-9,11-12,14,17,19-21,26,32H,1,10,13,15-16H2,2-4H3,(H,27,30)(H,28,31)/t19-,20+,21-,25?/m0/s1. The molecule has 2 amide bonds. The highest BCUT2D eigenvalue weighted by molar-refractivity contribution is 5.97. The lowest BCUT2D eigenvalue weighted by Gasteiger charge is -2.32. The van der Waals surface area contributed by atoms with Crippen molar-refractivity contribution in [1.29, 1.82) is 0 Å². The van der Waals surface area contributed by atoms with E-state index in [0.717, 1.165) is 5.56 Å². The summed E-state index contributed by atoms with van der Waals surface area (Å²) in [6.45, 7) is 9.43. The predicted octanol–water partition coefficient (Wildman–Crippen LogP) is 2.91. The minimum absolute atomic E-state index is 0.116. The van der Waals surface area contributed by atoms with Crippen molar-refractivity contribution in [3.05, 3.63) is 60.8 Å². The number of benzene rings is 1. The van der Waals surface area contributed by atoms with Gasteiger partial charge in [-0.05, 0) is 50.3 Å². The van der Waals surface area contributed by atoms with Gasteiger partial charge in [0.2, 0.25) is 11.8 Å². The number of hydrogen-bond acceptors (Lipinski definition) is 5. The second-order valence-corrected chi connectivity index (χ2v) is 9.04. The lowest BCUT2D eigenvalue weighted by atomic mass is 9.81. The molecule has 0 spiro atoms. The Bertz CT molecular complexity index is 827. The first-order valence-electron chi connectivity index (χ1n) is 11.1. The fraction of sp³-hybridized carbons (Fsp3) is 0.480. The van der Waals surface area contributed by atoms with E-state index < -0.39 is 29.3 Å². The topological polar surface area (TPSA) is 108 Å². The molecular weight excluding hydrogens is 406 g/mol. The molecular formula is C25H35N3O4. The zero-order valence-corrected chi connectivity index (χ0v) is 19.1. The molecule has 0 saturated heterocycles. The number of rotatable bonds is 12. The molecule has 2 rings (SSSR count). The van der Waals surface area contributed by atoms with Crippen molar-refractivity contribution in [3.63, 3.8) is 0 Å². The van der Waals surface area contributed by atoms with Crippen molar-refractivity contribution in [3.8, 4) is 0 Å². The van der Waals surface area contributed by atoms with Gasteiger partial charge < -0.3 is 10.6 Å². The van der Waals surface area contributed by atoms with Gasteiger partial charge in [0.1, 0.15) is 0 Å². The van der Waals surface area contributed by atoms with E-state index in [4.69, 9.17) is 0 Å². The number of nitrogens with one attached hydrogen (secondary N) is 3. The number of ketones is 1. The number of amides is 2. The maximum absolute atomic E-state index is 13.5. The Kier molecular flexibility index (Phi) is 9.20. The molecule has 0 aromatic heterocycles. The van der Waals surface area contributed by atoms with Crippen molar-refractivity contribution in [2.45, 2.75) is 58.0 Å². The van der Waals surface area contributed by atoms with Gasteiger partial charge in [0.25, 0.3) is 0 Å². The van der Waals surface area contributed by atoms with Crippen molar-refractivity contribution in [2.24, 2.45) is 17.8 Å². The Morgan fingerprint density at radius 3 is 2.41 bits per heavy atom. The molecule has 4 N–H and O–H groups in total. The highest BCUT2D eigenvalue weighted by Gasteiger charge is 2.41. The molecule has 4 atom stereocenters. The molecule has 0 radical (unpaired) electrons. The Morgan fingerprint density at radius 1 is 1.19 bits per heavy atom. The SMILES string of the molecule is C=CC[C@H](C(=O)NO)[C@@H](CC(C)C)C(=O)N[C@@H](Cc1ccccc1)C(=O)C1(C)CC=CN1. The summed E-state index contributed by atoms with van der Waals surface area (Å²) in [6.07, 6.45) is 6.75. The van der Waals surface area contributed by atoms with Gasteiger partial charge in [0.15, 0.2) is 5.78 Å². The van der Waals surface area contributed by atoms with Gasteiger partial charge in [0.05, 0.1) is 23.4 Å². The zero-order chi connectivity index (χ0) is 23.7. The summed E-state index contributed by atoms with van der Waals surface area (Å²) < 4.78 is 0. The number of carbonyl (C=O) groups is 3. The van der Waals surface area contributed by atoms with Crippen LogP contribution in [0.2, 0.25) is 0 Å². The number of hydroxylamine groups is 1. The largest absolute Gasteiger partial charge is 0.379 e. The highest BCUT2D eigenvalue weighted by Crippen LogP contribution is 2.26. The monoisotopic (exact) mass is 441 g/mol. The zero-order valence-electron chi connectivity index (χ0n) is 19.1. The average molecular weight is 442 g/mol. The van der Waals surface area contributed by atoms with E-state index in [9.17, 15) is 19.6 Å². The molecule has 1 aliphatic heterocycles. The first-order valence-corrected chi connectivity index (χ1v) is 11.1. The van der Waals surface area contributed by atoms with Gasteiger partial charge in [-0.1, -0.05) is 56.3 Å². The minimum Gasteiger partial charge on any atom is -0.379 e. The molecule has 1 unspecified atom stereocenters. The fourth-order valence-electron chi connectivity index (χ4n) is 4.17. The molecule has 32 heavy (non-hydrogen) atoms. The Balaban J connectivity index is 2.32. The maximum Gasteiger partial charge on any atom is 0.247 e.